The van der Waals surface area contributed by atoms with E-state index in [2.05, 4.69) is 20.6 Å². The van der Waals surface area contributed by atoms with Crippen LogP contribution in [0.15, 0.2) is 82.3 Å². The number of fused-ring (bicyclic) bond motifs is 2. The van der Waals surface area contributed by atoms with Crippen LogP contribution in [0.3, 0.4) is 0 Å². The number of aromatic nitrogens is 4. The Morgan fingerprint density at radius 3 is 2.83 bits per heavy atom. The van der Waals surface area contributed by atoms with Crippen LogP contribution >= 0.6 is 0 Å². The predicted octanol–water partition coefficient (Wildman–Crippen LogP) is 3.15. The van der Waals surface area contributed by atoms with E-state index in [0.717, 1.165) is 5.56 Å². The van der Waals surface area contributed by atoms with Gasteiger partial charge in [0, 0.05) is 17.3 Å². The van der Waals surface area contributed by atoms with Gasteiger partial charge in [0.25, 0.3) is 5.91 Å². The van der Waals surface area contributed by atoms with Crippen LogP contribution in [-0.4, -0.2) is 25.7 Å². The fourth-order valence-electron chi connectivity index (χ4n) is 3.05. The molecule has 1 amide bonds. The second-order valence-corrected chi connectivity index (χ2v) is 6.36. The zero-order valence-electron chi connectivity index (χ0n) is 14.9. The molecule has 0 unspecified atom stereocenters. The molecule has 8 heteroatoms. The van der Waals surface area contributed by atoms with Crippen LogP contribution in [0, 0.1) is 0 Å². The maximum atomic E-state index is 12.6. The highest BCUT2D eigenvalue weighted by molar-refractivity contribution is 6.03. The van der Waals surface area contributed by atoms with Gasteiger partial charge in [0.15, 0.2) is 16.8 Å². The molecule has 3 heterocycles. The van der Waals surface area contributed by atoms with Crippen molar-refractivity contribution in [3.63, 3.8) is 0 Å². The molecule has 29 heavy (non-hydrogen) atoms. The van der Waals surface area contributed by atoms with Crippen molar-refractivity contribution >= 4 is 28.2 Å². The number of amides is 1. The fraction of sp³-hybridized carbons (Fsp3) is 0. The first-order chi connectivity index (χ1) is 14.2. The van der Waals surface area contributed by atoms with E-state index in [1.165, 1.54) is 12.4 Å². The van der Waals surface area contributed by atoms with E-state index < -0.39 is 5.91 Å². The monoisotopic (exact) mass is 383 g/mol. The van der Waals surface area contributed by atoms with Crippen molar-refractivity contribution in [2.24, 2.45) is 0 Å². The normalized spacial score (nSPS) is 11.0. The average Bonchev–Trinajstić information content (AvgIpc) is 3.22. The van der Waals surface area contributed by atoms with Crippen LogP contribution in [0.5, 0.6) is 0 Å². The smallest absolute Gasteiger partial charge is 0.291 e. The summed E-state index contributed by atoms with van der Waals surface area (Å²) in [7, 11) is 0. The molecule has 0 radical (unpaired) electrons. The van der Waals surface area contributed by atoms with Gasteiger partial charge in [-0.05, 0) is 36.4 Å². The molecule has 1 N–H and O–H groups in total. The molecule has 5 rings (SSSR count). The van der Waals surface area contributed by atoms with Gasteiger partial charge in [0.1, 0.15) is 11.9 Å². The lowest BCUT2D eigenvalue weighted by Gasteiger charge is -2.07. The summed E-state index contributed by atoms with van der Waals surface area (Å²) in [4.78, 5) is 24.8. The number of anilines is 1. The third kappa shape index (κ3) is 3.12. The van der Waals surface area contributed by atoms with Crippen molar-refractivity contribution in [1.82, 2.24) is 19.8 Å². The predicted molar refractivity (Wildman–Crippen MR) is 107 cm³/mol. The number of rotatable bonds is 3. The summed E-state index contributed by atoms with van der Waals surface area (Å²) in [5.41, 5.74) is 2.80. The molecule has 0 fully saturated rings. The summed E-state index contributed by atoms with van der Waals surface area (Å²) in [5.74, 6) is -0.560. The van der Waals surface area contributed by atoms with Gasteiger partial charge in [-0.1, -0.05) is 24.3 Å². The summed E-state index contributed by atoms with van der Waals surface area (Å²) < 4.78 is 7.16. The summed E-state index contributed by atoms with van der Waals surface area (Å²) in [6.07, 6.45) is 1.52. The van der Waals surface area contributed by atoms with E-state index in [1.807, 2.05) is 18.2 Å². The average molecular weight is 383 g/mol. The van der Waals surface area contributed by atoms with E-state index in [1.54, 1.807) is 47.0 Å². The van der Waals surface area contributed by atoms with Gasteiger partial charge in [-0.25, -0.2) is 0 Å². The minimum atomic E-state index is -0.507. The molecule has 0 saturated carbocycles. The zero-order chi connectivity index (χ0) is 19.8. The summed E-state index contributed by atoms with van der Waals surface area (Å²) in [6, 6.07) is 18.9. The van der Waals surface area contributed by atoms with Crippen LogP contribution in [0.4, 0.5) is 5.69 Å². The molecular formula is C21H13N5O3. The number of nitrogens with one attached hydrogen (secondary N) is 1. The summed E-state index contributed by atoms with van der Waals surface area (Å²) in [6.45, 7) is 0. The molecule has 8 nitrogen and oxygen atoms in total. The first-order valence-electron chi connectivity index (χ1n) is 8.79. The number of hydrogen-bond donors (Lipinski definition) is 1. The molecule has 0 atom stereocenters. The second kappa shape index (κ2) is 6.68. The number of carbonyl (C=O) groups is 1. The van der Waals surface area contributed by atoms with Crippen LogP contribution in [0.2, 0.25) is 0 Å². The zero-order valence-corrected chi connectivity index (χ0v) is 14.9. The molecule has 140 valence electrons. The van der Waals surface area contributed by atoms with Gasteiger partial charge in [-0.3, -0.25) is 9.59 Å². The van der Waals surface area contributed by atoms with Crippen molar-refractivity contribution in [2.75, 3.05) is 5.32 Å². The highest BCUT2D eigenvalue weighted by Crippen LogP contribution is 2.22. The maximum absolute atomic E-state index is 12.6. The molecule has 5 aromatic rings. The van der Waals surface area contributed by atoms with E-state index >= 15 is 0 Å². The number of para-hydroxylation sites is 1. The minimum absolute atomic E-state index is 0.0527. The number of nitrogens with zero attached hydrogens (tertiary/aromatic N) is 4. The topological polar surface area (TPSA) is 102 Å². The van der Waals surface area contributed by atoms with Crippen LogP contribution in [0.1, 0.15) is 10.6 Å². The van der Waals surface area contributed by atoms with E-state index in [9.17, 15) is 9.59 Å². The van der Waals surface area contributed by atoms with Gasteiger partial charge >= 0.3 is 0 Å². The van der Waals surface area contributed by atoms with Gasteiger partial charge in [-0.15, -0.1) is 10.2 Å². The quantitative estimate of drug-likeness (QED) is 0.513. The van der Waals surface area contributed by atoms with Crippen molar-refractivity contribution < 1.29 is 9.21 Å². The largest absolute Gasteiger partial charge is 0.451 e. The highest BCUT2D eigenvalue weighted by atomic mass is 16.3. The van der Waals surface area contributed by atoms with E-state index in [4.69, 9.17) is 4.42 Å². The van der Waals surface area contributed by atoms with Gasteiger partial charge in [-0.2, -0.15) is 9.61 Å². The first-order valence-corrected chi connectivity index (χ1v) is 8.79. The molecule has 0 aliphatic rings. The molecule has 0 aliphatic heterocycles. The van der Waals surface area contributed by atoms with E-state index in [0.29, 0.717) is 28.0 Å². The van der Waals surface area contributed by atoms with Crippen molar-refractivity contribution in [3.8, 4) is 11.3 Å². The Morgan fingerprint density at radius 2 is 1.90 bits per heavy atom. The van der Waals surface area contributed by atoms with Crippen molar-refractivity contribution in [2.45, 2.75) is 0 Å². The number of carbonyl (C=O) groups excluding carboxylic acids is 1. The first kappa shape index (κ1) is 16.8. The standard InChI is InChI=1S/C21H13N5O3/c27-17-11-19(29-18-7-2-1-6-15(17)18)21(28)23-14-5-3-4-13(10-14)16-8-9-20-24-22-12-26(20)25-16/h1-12H,(H,23,28). The Kier molecular flexibility index (Phi) is 3.87. The summed E-state index contributed by atoms with van der Waals surface area (Å²) in [5, 5.41) is 15.4. The lowest BCUT2D eigenvalue weighted by atomic mass is 10.1. The molecule has 3 aromatic heterocycles. The second-order valence-electron chi connectivity index (χ2n) is 6.36. The molecule has 0 aliphatic carbocycles. The Labute approximate surface area is 163 Å². The molecule has 2 aromatic carbocycles. The Morgan fingerprint density at radius 1 is 1.00 bits per heavy atom. The van der Waals surface area contributed by atoms with Crippen molar-refractivity contribution in [3.05, 3.63) is 89.0 Å². The highest BCUT2D eigenvalue weighted by Gasteiger charge is 2.13. The lowest BCUT2D eigenvalue weighted by Crippen LogP contribution is -2.15. The van der Waals surface area contributed by atoms with Crippen LogP contribution in [0.25, 0.3) is 27.9 Å². The fourth-order valence-corrected chi connectivity index (χ4v) is 3.05. The molecular weight excluding hydrogens is 370 g/mol. The van der Waals surface area contributed by atoms with Gasteiger partial charge in [0.2, 0.25) is 0 Å². The van der Waals surface area contributed by atoms with Crippen molar-refractivity contribution in [1.29, 1.82) is 0 Å². The van der Waals surface area contributed by atoms with Gasteiger partial charge in [0.05, 0.1) is 11.1 Å². The van der Waals surface area contributed by atoms with E-state index in [-0.39, 0.29) is 11.2 Å². The lowest BCUT2D eigenvalue weighted by molar-refractivity contribution is 0.0997. The maximum Gasteiger partial charge on any atom is 0.291 e. The Balaban J connectivity index is 1.45. The third-order valence-corrected chi connectivity index (χ3v) is 4.44. The molecule has 0 saturated heterocycles. The number of benzene rings is 2. The molecule has 0 bridgehead atoms. The van der Waals surface area contributed by atoms with Crippen LogP contribution in [-0.2, 0) is 0 Å². The van der Waals surface area contributed by atoms with Gasteiger partial charge < -0.3 is 9.73 Å². The molecule has 0 spiro atoms. The SMILES string of the molecule is O=C(Nc1cccc(-c2ccc3nncn3n2)c1)c1cc(=O)c2ccccc2o1. The number of hydrogen-bond acceptors (Lipinski definition) is 6. The Bertz CT molecular complexity index is 1440. The summed E-state index contributed by atoms with van der Waals surface area (Å²) >= 11 is 0. The minimum Gasteiger partial charge on any atom is -0.451 e. The Hall–Kier alpha value is -4.33. The third-order valence-electron chi connectivity index (χ3n) is 4.44. The van der Waals surface area contributed by atoms with Crippen LogP contribution < -0.4 is 10.7 Å².